The Hall–Kier alpha value is -2.42. The van der Waals surface area contributed by atoms with Crippen LogP contribution in [0.3, 0.4) is 0 Å². The lowest BCUT2D eigenvalue weighted by atomic mass is 9.83. The SMILES string of the molecule is CN(C(=O)OC(C)(C)C)C1CCC(Oc2ncnc3sc4c(c23)C(CCC(N)=O)CCC4)CC1. The highest BCUT2D eigenvalue weighted by molar-refractivity contribution is 7.18. The number of hydrogen-bond acceptors (Lipinski definition) is 7. The van der Waals surface area contributed by atoms with Gasteiger partial charge in [0.2, 0.25) is 11.8 Å². The Labute approximate surface area is 205 Å². The van der Waals surface area contributed by atoms with Crippen LogP contribution in [0, 0.1) is 0 Å². The summed E-state index contributed by atoms with van der Waals surface area (Å²) in [4.78, 5) is 36.9. The molecule has 2 aliphatic rings. The minimum absolute atomic E-state index is 0.0459. The van der Waals surface area contributed by atoms with Crippen molar-refractivity contribution in [2.75, 3.05) is 7.05 Å². The quantitative estimate of drug-likeness (QED) is 0.617. The summed E-state index contributed by atoms with van der Waals surface area (Å²) >= 11 is 1.72. The van der Waals surface area contributed by atoms with E-state index in [0.717, 1.165) is 61.6 Å². The summed E-state index contributed by atoms with van der Waals surface area (Å²) in [7, 11) is 1.82. The summed E-state index contributed by atoms with van der Waals surface area (Å²) in [5.74, 6) is 0.682. The number of aryl methyl sites for hydroxylation is 1. The van der Waals surface area contributed by atoms with Crippen molar-refractivity contribution >= 4 is 33.6 Å². The number of carbonyl (C=O) groups excluding carboxylic acids is 2. The van der Waals surface area contributed by atoms with Gasteiger partial charge in [0.1, 0.15) is 22.9 Å². The summed E-state index contributed by atoms with van der Waals surface area (Å²) in [6.45, 7) is 5.65. The van der Waals surface area contributed by atoms with E-state index in [0.29, 0.717) is 12.3 Å². The first-order chi connectivity index (χ1) is 16.1. The zero-order valence-electron chi connectivity index (χ0n) is 20.6. The molecule has 8 nitrogen and oxygen atoms in total. The number of ether oxygens (including phenoxy) is 2. The maximum atomic E-state index is 12.4. The van der Waals surface area contributed by atoms with E-state index in [4.69, 9.17) is 15.2 Å². The standard InChI is InChI=1S/C25H36N4O4S/c1-25(2,3)33-24(31)29(4)16-9-11-17(12-10-16)32-22-21-20-15(8-13-19(26)30)6-5-7-18(20)34-23(21)28-14-27-22/h14-17H,5-13H2,1-4H3,(H2,26,30). The molecule has 1 fully saturated rings. The van der Waals surface area contributed by atoms with Crippen LogP contribution in [0.15, 0.2) is 6.33 Å². The summed E-state index contributed by atoms with van der Waals surface area (Å²) in [6, 6.07) is 0.146. The first kappa shape index (κ1) is 24.7. The van der Waals surface area contributed by atoms with E-state index in [2.05, 4.69) is 9.97 Å². The number of fused-ring (bicyclic) bond motifs is 3. The third-order valence-electron chi connectivity index (χ3n) is 6.82. The lowest BCUT2D eigenvalue weighted by molar-refractivity contribution is -0.118. The first-order valence-electron chi connectivity index (χ1n) is 12.3. The molecular weight excluding hydrogens is 452 g/mol. The average Bonchev–Trinajstić information content (AvgIpc) is 3.16. The molecule has 186 valence electrons. The van der Waals surface area contributed by atoms with Crippen molar-refractivity contribution < 1.29 is 19.1 Å². The fraction of sp³-hybridized carbons (Fsp3) is 0.680. The van der Waals surface area contributed by atoms with Gasteiger partial charge >= 0.3 is 6.09 Å². The molecule has 2 aromatic heterocycles. The van der Waals surface area contributed by atoms with E-state index in [1.54, 1.807) is 22.6 Å². The molecule has 2 aromatic rings. The summed E-state index contributed by atoms with van der Waals surface area (Å²) in [5.41, 5.74) is 6.20. The Morgan fingerprint density at radius 1 is 1.18 bits per heavy atom. The molecule has 34 heavy (non-hydrogen) atoms. The number of amides is 2. The second-order valence-electron chi connectivity index (χ2n) is 10.5. The van der Waals surface area contributed by atoms with Gasteiger partial charge < -0.3 is 20.1 Å². The van der Waals surface area contributed by atoms with Crippen molar-refractivity contribution in [2.24, 2.45) is 5.73 Å². The minimum Gasteiger partial charge on any atom is -0.474 e. The number of aromatic nitrogens is 2. The van der Waals surface area contributed by atoms with Gasteiger partial charge in [-0.3, -0.25) is 4.79 Å². The van der Waals surface area contributed by atoms with E-state index in [1.165, 1.54) is 10.4 Å². The molecule has 0 saturated heterocycles. The molecule has 4 rings (SSSR count). The monoisotopic (exact) mass is 488 g/mol. The highest BCUT2D eigenvalue weighted by Gasteiger charge is 2.32. The Morgan fingerprint density at radius 3 is 2.59 bits per heavy atom. The van der Waals surface area contributed by atoms with Crippen molar-refractivity contribution in [1.29, 1.82) is 0 Å². The van der Waals surface area contributed by atoms with Crippen molar-refractivity contribution in [2.45, 2.75) is 102 Å². The number of nitrogens with zero attached hydrogens (tertiary/aromatic N) is 3. The number of carbonyl (C=O) groups is 2. The normalized spacial score (nSPS) is 22.8. The highest BCUT2D eigenvalue weighted by atomic mass is 32.1. The van der Waals surface area contributed by atoms with E-state index in [1.807, 2.05) is 27.8 Å². The van der Waals surface area contributed by atoms with Crippen molar-refractivity contribution in [3.05, 3.63) is 16.8 Å². The highest BCUT2D eigenvalue weighted by Crippen LogP contribution is 2.46. The topological polar surface area (TPSA) is 108 Å². The molecule has 0 radical (unpaired) electrons. The van der Waals surface area contributed by atoms with Gasteiger partial charge in [-0.1, -0.05) is 0 Å². The van der Waals surface area contributed by atoms with E-state index >= 15 is 0 Å². The second kappa shape index (κ2) is 10.1. The molecule has 0 aliphatic heterocycles. The van der Waals surface area contributed by atoms with Crippen LogP contribution in [0.1, 0.15) is 88.5 Å². The smallest absolute Gasteiger partial charge is 0.410 e. The second-order valence-corrected chi connectivity index (χ2v) is 11.6. The fourth-order valence-corrected chi connectivity index (χ4v) is 6.39. The molecule has 2 N–H and O–H groups in total. The van der Waals surface area contributed by atoms with E-state index in [9.17, 15) is 9.59 Å². The van der Waals surface area contributed by atoms with Crippen molar-refractivity contribution in [3.8, 4) is 5.88 Å². The number of hydrogen-bond donors (Lipinski definition) is 1. The Balaban J connectivity index is 1.46. The van der Waals surface area contributed by atoms with Gasteiger partial charge in [0.25, 0.3) is 0 Å². The van der Waals surface area contributed by atoms with Crippen LogP contribution in [-0.2, 0) is 16.0 Å². The van der Waals surface area contributed by atoms with Gasteiger partial charge in [0.15, 0.2) is 0 Å². The zero-order chi connectivity index (χ0) is 24.5. The van der Waals surface area contributed by atoms with Crippen LogP contribution in [-0.4, -0.2) is 51.7 Å². The molecule has 2 amide bonds. The molecular formula is C25H36N4O4S. The lowest BCUT2D eigenvalue weighted by Crippen LogP contribution is -2.43. The minimum atomic E-state index is -0.501. The zero-order valence-corrected chi connectivity index (χ0v) is 21.5. The number of rotatable bonds is 6. The maximum absolute atomic E-state index is 12.4. The van der Waals surface area contributed by atoms with Crippen LogP contribution in [0.2, 0.25) is 0 Å². The number of thiophene rings is 1. The lowest BCUT2D eigenvalue weighted by Gasteiger charge is -2.35. The Morgan fingerprint density at radius 2 is 1.91 bits per heavy atom. The van der Waals surface area contributed by atoms with Gasteiger partial charge in [0.05, 0.1) is 5.39 Å². The van der Waals surface area contributed by atoms with Crippen molar-refractivity contribution in [3.63, 3.8) is 0 Å². The molecule has 1 atom stereocenters. The molecule has 1 unspecified atom stereocenters. The predicted molar refractivity (Wildman–Crippen MR) is 132 cm³/mol. The maximum Gasteiger partial charge on any atom is 0.410 e. The third-order valence-corrected chi connectivity index (χ3v) is 8.00. The van der Waals surface area contributed by atoms with Gasteiger partial charge in [-0.05, 0) is 83.6 Å². The van der Waals surface area contributed by atoms with Crippen LogP contribution in [0.25, 0.3) is 10.2 Å². The Bertz CT molecular complexity index is 1040. The largest absolute Gasteiger partial charge is 0.474 e. The average molecular weight is 489 g/mol. The van der Waals surface area contributed by atoms with Gasteiger partial charge in [-0.2, -0.15) is 0 Å². The third kappa shape index (κ3) is 5.62. The molecule has 9 heteroatoms. The number of nitrogens with two attached hydrogens (primary N) is 1. The summed E-state index contributed by atoms with van der Waals surface area (Å²) in [5, 5.41) is 1.02. The molecule has 2 heterocycles. The van der Waals surface area contributed by atoms with Crippen molar-refractivity contribution in [1.82, 2.24) is 14.9 Å². The van der Waals surface area contributed by atoms with E-state index in [-0.39, 0.29) is 30.1 Å². The summed E-state index contributed by atoms with van der Waals surface area (Å²) in [6.07, 6.45) is 9.10. The van der Waals surface area contributed by atoms with Crippen LogP contribution < -0.4 is 10.5 Å². The summed E-state index contributed by atoms with van der Waals surface area (Å²) < 4.78 is 12.0. The van der Waals surface area contributed by atoms with Crippen LogP contribution in [0.5, 0.6) is 5.88 Å². The number of primary amides is 1. The first-order valence-corrected chi connectivity index (χ1v) is 13.1. The molecule has 2 aliphatic carbocycles. The molecule has 0 spiro atoms. The van der Waals surface area contributed by atoms with Gasteiger partial charge in [-0.15, -0.1) is 11.3 Å². The predicted octanol–water partition coefficient (Wildman–Crippen LogP) is 4.93. The van der Waals surface area contributed by atoms with Crippen LogP contribution in [0.4, 0.5) is 4.79 Å². The molecule has 1 saturated carbocycles. The molecule has 0 bridgehead atoms. The van der Waals surface area contributed by atoms with Crippen LogP contribution >= 0.6 is 11.3 Å². The fourth-order valence-electron chi connectivity index (χ4n) is 5.13. The Kier molecular flexibility index (Phi) is 7.31. The van der Waals surface area contributed by atoms with Gasteiger partial charge in [0, 0.05) is 24.4 Å². The van der Waals surface area contributed by atoms with Gasteiger partial charge in [-0.25, -0.2) is 14.8 Å². The molecule has 0 aromatic carbocycles. The van der Waals surface area contributed by atoms with E-state index < -0.39 is 5.60 Å².